The molecule has 0 spiro atoms. The molecule has 3 heteroatoms. The van der Waals surface area contributed by atoms with E-state index in [1.165, 1.54) is 53.6 Å². The Morgan fingerprint density at radius 3 is 1.33 bits per heavy atom. The largest absolute Gasteiger partial charge is 0.252 e. The van der Waals surface area contributed by atoms with Crippen molar-refractivity contribution >= 4 is 22.8 Å². The summed E-state index contributed by atoms with van der Waals surface area (Å²) in [6.45, 7) is 13.4. The zero-order valence-corrected chi connectivity index (χ0v) is 22.7. The number of hydrogen-bond acceptors (Lipinski definition) is 2. The number of hydrogen-bond donors (Lipinski definition) is 0. The molecule has 0 radical (unpaired) electrons. The molecule has 2 aromatic rings. The molecular weight excluding hydrogens is 447 g/mol. The quantitative estimate of drug-likeness (QED) is 0.152. The molecule has 2 rings (SSSR count). The van der Waals surface area contributed by atoms with Gasteiger partial charge in [0.05, 0.1) is 22.8 Å². The molecule has 0 bridgehead atoms. The fraction of sp³-hybridized carbons (Fsp3) is 0.533. The predicted octanol–water partition coefficient (Wildman–Crippen LogP) is 9.16. The zero-order chi connectivity index (χ0) is 23.3. The monoisotopic (exact) mass is 490 g/mol. The molecule has 0 unspecified atom stereocenters. The maximum atomic E-state index is 5.21. The van der Waals surface area contributed by atoms with Crippen LogP contribution in [0.1, 0.15) is 102 Å². The van der Waals surface area contributed by atoms with Crippen LogP contribution >= 0.6 is 0 Å². The Bertz CT molecular complexity index is 867. The van der Waals surface area contributed by atoms with Crippen LogP contribution in [-0.2, 0) is 42.2 Å². The molecule has 0 aliphatic heterocycles. The van der Waals surface area contributed by atoms with Gasteiger partial charge < -0.3 is 0 Å². The summed E-state index contributed by atoms with van der Waals surface area (Å²) in [7, 11) is 0. The van der Waals surface area contributed by atoms with Gasteiger partial charge in [0.25, 0.3) is 0 Å². The number of nitrogens with zero attached hydrogens (tertiary/aromatic N) is 2. The van der Waals surface area contributed by atoms with Gasteiger partial charge in [0.1, 0.15) is 0 Å². The molecule has 0 fully saturated rings. The summed E-state index contributed by atoms with van der Waals surface area (Å²) in [4.78, 5) is 10.4. The van der Waals surface area contributed by atoms with Gasteiger partial charge in [-0.2, -0.15) is 0 Å². The molecule has 0 aliphatic rings. The van der Waals surface area contributed by atoms with Crippen LogP contribution in [0.2, 0.25) is 0 Å². The van der Waals surface area contributed by atoms with Crippen LogP contribution in [0.15, 0.2) is 46.4 Å². The van der Waals surface area contributed by atoms with E-state index in [0.29, 0.717) is 0 Å². The molecule has 0 amide bonds. The molecule has 2 aromatic carbocycles. The van der Waals surface area contributed by atoms with Gasteiger partial charge in [-0.3, -0.25) is 9.98 Å². The van der Waals surface area contributed by atoms with Crippen LogP contribution in [0.5, 0.6) is 0 Å². The Morgan fingerprint density at radius 1 is 0.545 bits per heavy atom. The number of aliphatic imine (C=N–C) groups is 2. The third kappa shape index (κ3) is 9.58. The van der Waals surface area contributed by atoms with Gasteiger partial charge in [-0.1, -0.05) is 72.9 Å². The maximum absolute atomic E-state index is 5.21. The fourth-order valence-electron chi connectivity index (χ4n) is 4.07. The number of aryl methyl sites for hydroxylation is 4. The van der Waals surface area contributed by atoms with E-state index in [2.05, 4.69) is 77.9 Å². The molecule has 33 heavy (non-hydrogen) atoms. The molecule has 0 atom stereocenters. The molecule has 0 saturated carbocycles. The van der Waals surface area contributed by atoms with Crippen molar-refractivity contribution in [1.29, 1.82) is 0 Å². The molecule has 0 saturated heterocycles. The summed E-state index contributed by atoms with van der Waals surface area (Å²) in [6.07, 6.45) is 11.0. The minimum absolute atomic E-state index is 0. The zero-order valence-electron chi connectivity index (χ0n) is 21.7. The Labute approximate surface area is 213 Å². The van der Waals surface area contributed by atoms with Crippen molar-refractivity contribution in [2.24, 2.45) is 9.98 Å². The molecule has 0 heterocycles. The van der Waals surface area contributed by atoms with Crippen LogP contribution < -0.4 is 0 Å². The van der Waals surface area contributed by atoms with Gasteiger partial charge in [0.2, 0.25) is 0 Å². The van der Waals surface area contributed by atoms with Gasteiger partial charge in [-0.15, -0.1) is 0 Å². The van der Waals surface area contributed by atoms with Gasteiger partial charge in [-0.25, -0.2) is 0 Å². The van der Waals surface area contributed by atoms with Gasteiger partial charge in [-0.05, 0) is 91.5 Å². The van der Waals surface area contributed by atoms with E-state index in [-0.39, 0.29) is 16.5 Å². The summed E-state index contributed by atoms with van der Waals surface area (Å²) in [5.74, 6) is 0. The summed E-state index contributed by atoms with van der Waals surface area (Å²) in [5, 5.41) is 0. The average Bonchev–Trinajstić information content (AvgIpc) is 2.83. The van der Waals surface area contributed by atoms with Gasteiger partial charge >= 0.3 is 0 Å². The van der Waals surface area contributed by atoms with Gasteiger partial charge in [0.15, 0.2) is 0 Å². The molecular formula is C30H44N2Ni. The Morgan fingerprint density at radius 2 is 0.970 bits per heavy atom. The van der Waals surface area contributed by atoms with Gasteiger partial charge in [0, 0.05) is 16.5 Å². The van der Waals surface area contributed by atoms with Crippen molar-refractivity contribution in [2.75, 3.05) is 0 Å². The van der Waals surface area contributed by atoms with E-state index in [1.54, 1.807) is 0 Å². The summed E-state index contributed by atoms with van der Waals surface area (Å²) in [6, 6.07) is 13.6. The van der Waals surface area contributed by atoms with E-state index >= 15 is 0 Å². The SMILES string of the molecule is CCCCCCC(=Nc1cc(CC)cc(CC)c1)C(CC)=Nc1cc(CC)cc(CC)c1.[Ni]. The second-order valence-corrected chi connectivity index (χ2v) is 8.71. The van der Waals surface area contributed by atoms with Crippen LogP contribution in [0.4, 0.5) is 11.4 Å². The summed E-state index contributed by atoms with van der Waals surface area (Å²) >= 11 is 0. The second-order valence-electron chi connectivity index (χ2n) is 8.71. The number of unbranched alkanes of at least 4 members (excludes halogenated alkanes) is 3. The second kappa shape index (κ2) is 16.0. The van der Waals surface area contributed by atoms with E-state index in [4.69, 9.17) is 9.98 Å². The first-order valence-electron chi connectivity index (χ1n) is 13.0. The van der Waals surface area contributed by atoms with Crippen molar-refractivity contribution < 1.29 is 16.5 Å². The smallest absolute Gasteiger partial charge is 0.0639 e. The first-order valence-corrected chi connectivity index (χ1v) is 13.0. The van der Waals surface area contributed by atoms with Crippen molar-refractivity contribution in [3.8, 4) is 0 Å². The maximum Gasteiger partial charge on any atom is 0.0639 e. The standard InChI is InChI=1S/C30H44N2.Ni/c1-7-13-14-15-16-30(32-28-21-25(10-4)18-26(11-5)22-28)29(12-6)31-27-19-23(8-2)17-24(9-3)20-27;/h17-22H,7-16H2,1-6H3;. The molecule has 184 valence electrons. The summed E-state index contributed by atoms with van der Waals surface area (Å²) < 4.78 is 0. The minimum Gasteiger partial charge on any atom is -0.252 e. The van der Waals surface area contributed by atoms with Crippen molar-refractivity contribution in [2.45, 2.75) is 106 Å². The van der Waals surface area contributed by atoms with E-state index in [1.807, 2.05) is 0 Å². The Balaban J connectivity index is 0.00000544. The topological polar surface area (TPSA) is 24.7 Å². The number of rotatable bonds is 13. The van der Waals surface area contributed by atoms with E-state index < -0.39 is 0 Å². The third-order valence-electron chi connectivity index (χ3n) is 6.17. The first kappa shape index (κ1) is 29.3. The Hall–Kier alpha value is -1.73. The van der Waals surface area contributed by atoms with Crippen LogP contribution in [-0.4, -0.2) is 11.4 Å². The number of benzene rings is 2. The van der Waals surface area contributed by atoms with E-state index in [0.717, 1.165) is 55.6 Å². The molecule has 0 N–H and O–H groups in total. The van der Waals surface area contributed by atoms with E-state index in [9.17, 15) is 0 Å². The fourth-order valence-corrected chi connectivity index (χ4v) is 4.07. The predicted molar refractivity (Wildman–Crippen MR) is 144 cm³/mol. The van der Waals surface area contributed by atoms with Crippen LogP contribution in [0, 0.1) is 0 Å². The third-order valence-corrected chi connectivity index (χ3v) is 6.17. The average molecular weight is 491 g/mol. The van der Waals surface area contributed by atoms with Crippen molar-refractivity contribution in [1.82, 2.24) is 0 Å². The van der Waals surface area contributed by atoms with Crippen LogP contribution in [0.3, 0.4) is 0 Å². The van der Waals surface area contributed by atoms with Crippen molar-refractivity contribution in [3.05, 3.63) is 58.7 Å². The Kier molecular flexibility index (Phi) is 14.2. The first-order chi connectivity index (χ1) is 15.6. The minimum atomic E-state index is 0. The normalized spacial score (nSPS) is 12.1. The van der Waals surface area contributed by atoms with Crippen LogP contribution in [0.25, 0.3) is 0 Å². The molecule has 0 aromatic heterocycles. The molecule has 2 nitrogen and oxygen atoms in total. The van der Waals surface area contributed by atoms with Crippen molar-refractivity contribution in [3.63, 3.8) is 0 Å². The summed E-state index contributed by atoms with van der Waals surface area (Å²) in [5.41, 5.74) is 9.93. The molecule has 0 aliphatic carbocycles.